The Morgan fingerprint density at radius 3 is 2.85 bits per heavy atom. The second-order valence-corrected chi connectivity index (χ2v) is 6.45. The number of aromatic amines is 1. The summed E-state index contributed by atoms with van der Waals surface area (Å²) < 4.78 is 43.6. The number of H-pyrrole nitrogens is 1. The van der Waals surface area contributed by atoms with E-state index >= 15 is 0 Å². The molecule has 2 aromatic heterocycles. The molecule has 0 radical (unpaired) electrons. The number of amides is 1. The maximum atomic E-state index is 12.9. The van der Waals surface area contributed by atoms with Crippen molar-refractivity contribution in [1.82, 2.24) is 15.1 Å². The molecule has 3 aromatic rings. The standard InChI is InChI=1S/C19H16F3N3O2/c20-19(21,22)10-16-14-11-25(7-6-15(14)23-24-16)18(26)13-4-1-3-12(9-13)17-5-2-8-27-17/h1-5,8-9H,6-7,10-11H2,(H,23,24). The first kappa shape index (κ1) is 17.4. The molecule has 0 fully saturated rings. The molecule has 1 aliphatic heterocycles. The predicted octanol–water partition coefficient (Wildman–Crippen LogP) is 3.97. The normalized spacial score (nSPS) is 14.3. The van der Waals surface area contributed by atoms with Gasteiger partial charge in [-0.3, -0.25) is 9.89 Å². The predicted molar refractivity (Wildman–Crippen MR) is 90.9 cm³/mol. The monoisotopic (exact) mass is 375 g/mol. The van der Waals surface area contributed by atoms with Gasteiger partial charge in [0.2, 0.25) is 0 Å². The second-order valence-electron chi connectivity index (χ2n) is 6.45. The van der Waals surface area contributed by atoms with Gasteiger partial charge in [-0.1, -0.05) is 12.1 Å². The van der Waals surface area contributed by atoms with Crippen LogP contribution in [-0.2, 0) is 19.4 Å². The van der Waals surface area contributed by atoms with Crippen molar-refractivity contribution < 1.29 is 22.4 Å². The molecular weight excluding hydrogens is 359 g/mol. The molecule has 0 spiro atoms. The molecule has 0 bridgehead atoms. The van der Waals surface area contributed by atoms with Gasteiger partial charge in [-0.15, -0.1) is 0 Å². The molecule has 5 nitrogen and oxygen atoms in total. The van der Waals surface area contributed by atoms with Crippen molar-refractivity contribution in [3.05, 3.63) is 65.2 Å². The van der Waals surface area contributed by atoms with E-state index in [-0.39, 0.29) is 18.1 Å². The van der Waals surface area contributed by atoms with Gasteiger partial charge < -0.3 is 9.32 Å². The third-order valence-electron chi connectivity index (χ3n) is 4.59. The summed E-state index contributed by atoms with van der Waals surface area (Å²) >= 11 is 0. The van der Waals surface area contributed by atoms with Crippen LogP contribution in [0.3, 0.4) is 0 Å². The van der Waals surface area contributed by atoms with Crippen molar-refractivity contribution in [3.63, 3.8) is 0 Å². The number of nitrogens with zero attached hydrogens (tertiary/aromatic N) is 2. The summed E-state index contributed by atoms with van der Waals surface area (Å²) in [5.41, 5.74) is 2.33. The van der Waals surface area contributed by atoms with Crippen LogP contribution in [0.5, 0.6) is 0 Å². The van der Waals surface area contributed by atoms with Gasteiger partial charge in [0, 0.05) is 41.9 Å². The van der Waals surface area contributed by atoms with Crippen molar-refractivity contribution >= 4 is 5.91 Å². The van der Waals surface area contributed by atoms with Crippen LogP contribution in [0.15, 0.2) is 47.1 Å². The summed E-state index contributed by atoms with van der Waals surface area (Å²) in [6.07, 6.45) is -3.44. The van der Waals surface area contributed by atoms with E-state index in [0.29, 0.717) is 35.5 Å². The lowest BCUT2D eigenvalue weighted by Gasteiger charge is -2.27. The minimum absolute atomic E-state index is 0.0423. The number of halogens is 3. The van der Waals surface area contributed by atoms with E-state index < -0.39 is 12.6 Å². The maximum absolute atomic E-state index is 12.9. The number of hydrogen-bond acceptors (Lipinski definition) is 3. The molecule has 8 heteroatoms. The highest BCUT2D eigenvalue weighted by molar-refractivity contribution is 5.95. The van der Waals surface area contributed by atoms with E-state index in [1.54, 1.807) is 41.5 Å². The van der Waals surface area contributed by atoms with Gasteiger partial charge in [0.1, 0.15) is 5.76 Å². The largest absolute Gasteiger partial charge is 0.464 e. The number of carbonyl (C=O) groups excluding carboxylic acids is 1. The Morgan fingerprint density at radius 1 is 1.26 bits per heavy atom. The minimum atomic E-state index is -4.34. The number of fused-ring (bicyclic) bond motifs is 1. The average Bonchev–Trinajstić information content (AvgIpc) is 3.30. The summed E-state index contributed by atoms with van der Waals surface area (Å²) in [6.45, 7) is 0.533. The lowest BCUT2D eigenvalue weighted by molar-refractivity contribution is -0.128. The highest BCUT2D eigenvalue weighted by Crippen LogP contribution is 2.28. The molecule has 1 aromatic carbocycles. The number of carbonyl (C=O) groups is 1. The number of benzene rings is 1. The van der Waals surface area contributed by atoms with Crippen LogP contribution in [0.25, 0.3) is 11.3 Å². The lowest BCUT2D eigenvalue weighted by Crippen LogP contribution is -2.36. The van der Waals surface area contributed by atoms with Crippen molar-refractivity contribution in [2.75, 3.05) is 6.54 Å². The maximum Gasteiger partial charge on any atom is 0.394 e. The summed E-state index contributed by atoms with van der Waals surface area (Å²) in [5, 5.41) is 6.48. The van der Waals surface area contributed by atoms with E-state index in [9.17, 15) is 18.0 Å². The Balaban J connectivity index is 1.56. The number of rotatable bonds is 3. The molecule has 0 atom stereocenters. The van der Waals surface area contributed by atoms with Crippen LogP contribution in [0.1, 0.15) is 27.3 Å². The van der Waals surface area contributed by atoms with Crippen LogP contribution in [0.2, 0.25) is 0 Å². The molecule has 0 aliphatic carbocycles. The average molecular weight is 375 g/mol. The summed E-state index contributed by atoms with van der Waals surface area (Å²) in [6, 6.07) is 10.6. The van der Waals surface area contributed by atoms with Gasteiger partial charge in [-0.25, -0.2) is 0 Å². The van der Waals surface area contributed by atoms with Crippen LogP contribution in [0, 0.1) is 0 Å². The molecule has 0 unspecified atom stereocenters. The lowest BCUT2D eigenvalue weighted by atomic mass is 10.0. The van der Waals surface area contributed by atoms with Gasteiger partial charge in [0.15, 0.2) is 0 Å². The van der Waals surface area contributed by atoms with Crippen molar-refractivity contribution in [2.24, 2.45) is 0 Å². The zero-order chi connectivity index (χ0) is 19.0. The zero-order valence-electron chi connectivity index (χ0n) is 14.2. The van der Waals surface area contributed by atoms with E-state index in [0.717, 1.165) is 5.56 Å². The van der Waals surface area contributed by atoms with Crippen molar-refractivity contribution in [1.29, 1.82) is 0 Å². The van der Waals surface area contributed by atoms with Gasteiger partial charge >= 0.3 is 6.18 Å². The summed E-state index contributed by atoms with van der Waals surface area (Å²) in [7, 11) is 0. The van der Waals surface area contributed by atoms with Crippen LogP contribution >= 0.6 is 0 Å². The fourth-order valence-corrected chi connectivity index (χ4v) is 3.29. The van der Waals surface area contributed by atoms with Crippen LogP contribution in [0.4, 0.5) is 13.2 Å². The SMILES string of the molecule is O=C(c1cccc(-c2ccco2)c1)N1CCc2[nH]nc(CC(F)(F)F)c2C1. The molecule has 1 N–H and O–H groups in total. The molecular formula is C19H16F3N3O2. The van der Waals surface area contributed by atoms with E-state index in [2.05, 4.69) is 10.2 Å². The van der Waals surface area contributed by atoms with E-state index in [1.165, 1.54) is 0 Å². The molecule has 1 amide bonds. The van der Waals surface area contributed by atoms with Crippen molar-refractivity contribution in [2.45, 2.75) is 25.6 Å². The molecule has 1 aliphatic rings. The summed E-state index contributed by atoms with van der Waals surface area (Å²) in [5.74, 6) is 0.418. The number of aromatic nitrogens is 2. The zero-order valence-corrected chi connectivity index (χ0v) is 14.2. The number of hydrogen-bond donors (Lipinski definition) is 1. The Hall–Kier alpha value is -3.03. The number of furan rings is 1. The molecule has 140 valence electrons. The topological polar surface area (TPSA) is 62.1 Å². The Morgan fingerprint density at radius 2 is 2.11 bits per heavy atom. The quantitative estimate of drug-likeness (QED) is 0.753. The first-order valence-corrected chi connectivity index (χ1v) is 8.46. The number of nitrogens with one attached hydrogen (secondary N) is 1. The fraction of sp³-hybridized carbons (Fsp3) is 0.263. The highest BCUT2D eigenvalue weighted by atomic mass is 19.4. The molecule has 3 heterocycles. The van der Waals surface area contributed by atoms with E-state index in [1.807, 2.05) is 6.07 Å². The van der Waals surface area contributed by atoms with Crippen LogP contribution in [-0.4, -0.2) is 33.7 Å². The molecule has 0 saturated carbocycles. The van der Waals surface area contributed by atoms with Crippen molar-refractivity contribution in [3.8, 4) is 11.3 Å². The van der Waals surface area contributed by atoms with Gasteiger partial charge in [0.25, 0.3) is 5.91 Å². The Bertz CT molecular complexity index is 961. The molecule has 27 heavy (non-hydrogen) atoms. The Labute approximate surface area is 152 Å². The van der Waals surface area contributed by atoms with Gasteiger partial charge in [-0.2, -0.15) is 18.3 Å². The highest BCUT2D eigenvalue weighted by Gasteiger charge is 2.33. The first-order valence-electron chi connectivity index (χ1n) is 8.46. The minimum Gasteiger partial charge on any atom is -0.464 e. The summed E-state index contributed by atoms with van der Waals surface area (Å²) in [4.78, 5) is 14.4. The fourth-order valence-electron chi connectivity index (χ4n) is 3.29. The third-order valence-corrected chi connectivity index (χ3v) is 4.59. The van der Waals surface area contributed by atoms with Gasteiger partial charge in [0.05, 0.1) is 18.4 Å². The second kappa shape index (κ2) is 6.61. The van der Waals surface area contributed by atoms with E-state index in [4.69, 9.17) is 4.42 Å². The number of alkyl halides is 3. The Kier molecular flexibility index (Phi) is 4.25. The smallest absolute Gasteiger partial charge is 0.394 e. The van der Waals surface area contributed by atoms with Gasteiger partial charge in [-0.05, 0) is 24.3 Å². The first-order chi connectivity index (χ1) is 12.9. The molecule has 4 rings (SSSR count). The van der Waals surface area contributed by atoms with Crippen LogP contribution < -0.4 is 0 Å². The third kappa shape index (κ3) is 3.60. The molecule has 0 saturated heterocycles.